The summed E-state index contributed by atoms with van der Waals surface area (Å²) in [6.07, 6.45) is 0. The van der Waals surface area contributed by atoms with Gasteiger partial charge in [-0.2, -0.15) is 0 Å². The lowest BCUT2D eigenvalue weighted by molar-refractivity contribution is -0.132. The number of Topliss-reactive ketones (excluding diaryl/α,β-unsaturated/α-hetero) is 1. The average molecular weight is 444 g/mol. The maximum Gasteiger partial charge on any atom is 0.300 e. The molecule has 0 spiro atoms. The fraction of sp³-hybridized carbons (Fsp3) is 0.0909. The molecule has 1 N–H and O–H groups in total. The Hall–Kier alpha value is -3.16. The topological polar surface area (TPSA) is 66.8 Å². The molecule has 1 aliphatic rings. The normalized spacial score (nSPS) is 18.1. The SMILES string of the molecule is COc1ccc(Cl)c(/C(O)=C2/C(=O)C(=O)N(c3ccc(F)cc3)C2c2cccs2)c1. The Kier molecular flexibility index (Phi) is 5.32. The molecule has 152 valence electrons. The maximum absolute atomic E-state index is 13.4. The second kappa shape index (κ2) is 7.93. The molecule has 1 saturated heterocycles. The van der Waals surface area contributed by atoms with Crippen LogP contribution in [0.4, 0.5) is 10.1 Å². The number of ketones is 1. The Bertz CT molecular complexity index is 1160. The molecular formula is C22H15ClFNO4S. The molecule has 1 atom stereocenters. The van der Waals surface area contributed by atoms with Gasteiger partial charge in [0.15, 0.2) is 0 Å². The van der Waals surface area contributed by atoms with Gasteiger partial charge < -0.3 is 9.84 Å². The maximum atomic E-state index is 13.4. The lowest BCUT2D eigenvalue weighted by Crippen LogP contribution is -2.29. The first-order valence-electron chi connectivity index (χ1n) is 8.86. The van der Waals surface area contributed by atoms with Gasteiger partial charge in [0.25, 0.3) is 11.7 Å². The first kappa shape index (κ1) is 20.1. The van der Waals surface area contributed by atoms with Crippen LogP contribution in [0.5, 0.6) is 5.75 Å². The highest BCUT2D eigenvalue weighted by Gasteiger charge is 2.47. The molecule has 1 amide bonds. The molecule has 3 aromatic rings. The van der Waals surface area contributed by atoms with Crippen molar-refractivity contribution in [3.05, 3.63) is 86.8 Å². The molecule has 8 heteroatoms. The van der Waals surface area contributed by atoms with Gasteiger partial charge in [-0.05, 0) is 53.9 Å². The van der Waals surface area contributed by atoms with Gasteiger partial charge in [-0.3, -0.25) is 14.5 Å². The Morgan fingerprint density at radius 3 is 2.53 bits per heavy atom. The summed E-state index contributed by atoms with van der Waals surface area (Å²) in [4.78, 5) is 27.8. The van der Waals surface area contributed by atoms with Crippen LogP contribution in [-0.4, -0.2) is 23.9 Å². The molecule has 30 heavy (non-hydrogen) atoms. The Morgan fingerprint density at radius 2 is 1.90 bits per heavy atom. The van der Waals surface area contributed by atoms with Crippen molar-refractivity contribution in [2.45, 2.75) is 6.04 Å². The highest BCUT2D eigenvalue weighted by molar-refractivity contribution is 7.10. The van der Waals surface area contributed by atoms with E-state index in [1.54, 1.807) is 23.6 Å². The van der Waals surface area contributed by atoms with Gasteiger partial charge in [-0.25, -0.2) is 4.39 Å². The van der Waals surface area contributed by atoms with E-state index >= 15 is 0 Å². The number of ether oxygens (including phenoxy) is 1. The van der Waals surface area contributed by atoms with E-state index in [9.17, 15) is 19.1 Å². The molecule has 0 radical (unpaired) electrons. The predicted molar refractivity (Wildman–Crippen MR) is 114 cm³/mol. The first-order chi connectivity index (χ1) is 14.4. The van der Waals surface area contributed by atoms with Crippen LogP contribution in [0.25, 0.3) is 5.76 Å². The number of anilines is 1. The Balaban J connectivity index is 1.94. The van der Waals surface area contributed by atoms with Gasteiger partial charge in [0.05, 0.1) is 17.7 Å². The standard InChI is InChI=1S/C22H15ClFNO4S/c1-29-14-8-9-16(23)15(11-14)20(26)18-19(17-3-2-10-30-17)25(22(28)21(18)27)13-6-4-12(24)5-7-13/h2-11,19,26H,1H3/b20-18-. The summed E-state index contributed by atoms with van der Waals surface area (Å²) < 4.78 is 18.6. The molecule has 0 saturated carbocycles. The van der Waals surface area contributed by atoms with Crippen molar-refractivity contribution in [2.75, 3.05) is 12.0 Å². The van der Waals surface area contributed by atoms with Gasteiger partial charge in [0, 0.05) is 16.1 Å². The van der Waals surface area contributed by atoms with Crippen molar-refractivity contribution in [1.82, 2.24) is 0 Å². The third-order valence-corrected chi connectivity index (χ3v) is 6.04. The van der Waals surface area contributed by atoms with Crippen LogP contribution >= 0.6 is 22.9 Å². The molecule has 2 aromatic carbocycles. The van der Waals surface area contributed by atoms with Crippen LogP contribution in [0.2, 0.25) is 5.02 Å². The van der Waals surface area contributed by atoms with E-state index in [0.29, 0.717) is 16.3 Å². The van der Waals surface area contributed by atoms with Crippen molar-refractivity contribution >= 4 is 46.1 Å². The van der Waals surface area contributed by atoms with Crippen LogP contribution in [0.3, 0.4) is 0 Å². The molecule has 2 heterocycles. The van der Waals surface area contributed by atoms with E-state index in [-0.39, 0.29) is 16.2 Å². The van der Waals surface area contributed by atoms with Crippen molar-refractivity contribution < 1.29 is 23.8 Å². The fourth-order valence-corrected chi connectivity index (χ4v) is 4.41. The molecule has 4 rings (SSSR count). The van der Waals surface area contributed by atoms with Crippen molar-refractivity contribution in [3.8, 4) is 5.75 Å². The lowest BCUT2D eigenvalue weighted by atomic mass is 9.99. The second-order valence-electron chi connectivity index (χ2n) is 6.51. The molecule has 5 nitrogen and oxygen atoms in total. The Labute approximate surface area is 180 Å². The number of methoxy groups -OCH3 is 1. The number of amides is 1. The molecular weight excluding hydrogens is 429 g/mol. The largest absolute Gasteiger partial charge is 0.507 e. The first-order valence-corrected chi connectivity index (χ1v) is 10.1. The fourth-order valence-electron chi connectivity index (χ4n) is 3.37. The summed E-state index contributed by atoms with van der Waals surface area (Å²) in [5, 5.41) is 13.1. The van der Waals surface area contributed by atoms with Crippen LogP contribution in [0.15, 0.2) is 65.6 Å². The average Bonchev–Trinajstić information content (AvgIpc) is 3.36. The van der Waals surface area contributed by atoms with E-state index in [1.807, 2.05) is 0 Å². The smallest absolute Gasteiger partial charge is 0.300 e. The van der Waals surface area contributed by atoms with Crippen molar-refractivity contribution in [3.63, 3.8) is 0 Å². The van der Waals surface area contributed by atoms with E-state index in [2.05, 4.69) is 0 Å². The zero-order valence-electron chi connectivity index (χ0n) is 15.6. The number of carbonyl (C=O) groups is 2. The van der Waals surface area contributed by atoms with Crippen molar-refractivity contribution in [2.24, 2.45) is 0 Å². The number of hydrogen-bond acceptors (Lipinski definition) is 5. The minimum atomic E-state index is -0.877. The quantitative estimate of drug-likeness (QED) is 0.343. The number of halogens is 2. The minimum Gasteiger partial charge on any atom is -0.507 e. The van der Waals surface area contributed by atoms with Crippen molar-refractivity contribution in [1.29, 1.82) is 0 Å². The van der Waals surface area contributed by atoms with Gasteiger partial charge in [0.2, 0.25) is 0 Å². The molecule has 0 bridgehead atoms. The summed E-state index contributed by atoms with van der Waals surface area (Å²) in [6.45, 7) is 0. The van der Waals surface area contributed by atoms with E-state index in [1.165, 1.54) is 59.7 Å². The number of hydrogen-bond donors (Lipinski definition) is 1. The number of rotatable bonds is 4. The van der Waals surface area contributed by atoms with Gasteiger partial charge >= 0.3 is 0 Å². The molecule has 1 aliphatic heterocycles. The Morgan fingerprint density at radius 1 is 1.17 bits per heavy atom. The number of thiophene rings is 1. The number of aliphatic hydroxyl groups excluding tert-OH is 1. The third kappa shape index (κ3) is 3.36. The number of nitrogens with zero attached hydrogens (tertiary/aromatic N) is 1. The highest BCUT2D eigenvalue weighted by atomic mass is 35.5. The second-order valence-corrected chi connectivity index (χ2v) is 7.89. The zero-order chi connectivity index (χ0) is 21.4. The summed E-state index contributed by atoms with van der Waals surface area (Å²) in [5.41, 5.74) is 0.421. The summed E-state index contributed by atoms with van der Waals surface area (Å²) >= 11 is 7.59. The molecule has 0 aliphatic carbocycles. The van der Waals surface area contributed by atoms with Gasteiger partial charge in [0.1, 0.15) is 23.4 Å². The van der Waals surface area contributed by atoms with Crippen LogP contribution in [0.1, 0.15) is 16.5 Å². The predicted octanol–water partition coefficient (Wildman–Crippen LogP) is 5.18. The third-order valence-electron chi connectivity index (χ3n) is 4.79. The number of aliphatic hydroxyl groups is 1. The summed E-state index contributed by atoms with van der Waals surface area (Å²) in [6, 6.07) is 12.6. The van der Waals surface area contributed by atoms with E-state index < -0.39 is 29.3 Å². The van der Waals surface area contributed by atoms with Crippen LogP contribution in [-0.2, 0) is 9.59 Å². The molecule has 1 unspecified atom stereocenters. The zero-order valence-corrected chi connectivity index (χ0v) is 17.2. The summed E-state index contributed by atoms with van der Waals surface area (Å²) in [7, 11) is 1.46. The van der Waals surface area contributed by atoms with E-state index in [0.717, 1.165) is 0 Å². The summed E-state index contributed by atoms with van der Waals surface area (Å²) in [5.74, 6) is -2.11. The van der Waals surface area contributed by atoms with Gasteiger partial charge in [-0.1, -0.05) is 17.7 Å². The molecule has 1 fully saturated rings. The monoisotopic (exact) mass is 443 g/mol. The van der Waals surface area contributed by atoms with Gasteiger partial charge in [-0.15, -0.1) is 11.3 Å². The highest BCUT2D eigenvalue weighted by Crippen LogP contribution is 2.44. The lowest BCUT2D eigenvalue weighted by Gasteiger charge is -2.24. The number of benzene rings is 2. The molecule has 1 aromatic heterocycles. The van der Waals surface area contributed by atoms with Crippen LogP contribution in [0, 0.1) is 5.82 Å². The van der Waals surface area contributed by atoms with Crippen LogP contribution < -0.4 is 9.64 Å². The van der Waals surface area contributed by atoms with E-state index in [4.69, 9.17) is 16.3 Å². The number of carbonyl (C=O) groups excluding carboxylic acids is 2. The minimum absolute atomic E-state index is 0.0954.